The number of fused-ring (bicyclic) bond motifs is 1. The number of rotatable bonds is 2. The second-order valence-corrected chi connectivity index (χ2v) is 5.39. The van der Waals surface area contributed by atoms with Gasteiger partial charge in [-0.15, -0.1) is 0 Å². The number of hydrogen-bond acceptors (Lipinski definition) is 5. The molecular weight excluding hydrogens is 315 g/mol. The molecule has 0 bridgehead atoms. The van der Waals surface area contributed by atoms with Gasteiger partial charge in [0.05, 0.1) is 18.6 Å². The first-order valence-electron chi connectivity index (χ1n) is 7.18. The summed E-state index contributed by atoms with van der Waals surface area (Å²) < 4.78 is 24.6. The molecule has 1 aliphatic rings. The van der Waals surface area contributed by atoms with Gasteiger partial charge in [0.15, 0.2) is 0 Å². The van der Waals surface area contributed by atoms with Crippen LogP contribution < -0.4 is 16.0 Å². The molecule has 0 radical (unpaired) electrons. The molecule has 0 fully saturated rings. The van der Waals surface area contributed by atoms with E-state index in [0.29, 0.717) is 5.69 Å². The molecule has 0 spiro atoms. The van der Waals surface area contributed by atoms with Crippen LogP contribution in [0, 0.1) is 12.7 Å². The molecule has 1 atom stereocenters. The number of halogens is 1. The maximum absolute atomic E-state index is 14.4. The Morgan fingerprint density at radius 1 is 1.38 bits per heavy atom. The van der Waals surface area contributed by atoms with Gasteiger partial charge in [0, 0.05) is 17.3 Å². The topological polar surface area (TPSA) is 94.4 Å². The van der Waals surface area contributed by atoms with Crippen LogP contribution in [0.4, 0.5) is 4.39 Å². The zero-order valence-corrected chi connectivity index (χ0v) is 13.1. The molecule has 2 heterocycles. The second-order valence-electron chi connectivity index (χ2n) is 5.39. The smallest absolute Gasteiger partial charge is 0.340 e. The molecule has 0 unspecified atom stereocenters. The van der Waals surface area contributed by atoms with Crippen LogP contribution >= 0.6 is 0 Å². The van der Waals surface area contributed by atoms with E-state index in [1.165, 1.54) is 25.3 Å². The maximum Gasteiger partial charge on any atom is 0.340 e. The first-order valence-corrected chi connectivity index (χ1v) is 7.18. The number of methoxy groups -OCH3 is 1. The summed E-state index contributed by atoms with van der Waals surface area (Å²) in [4.78, 5) is 27.3. The number of nitrogens with one attached hydrogen (secondary N) is 1. The second kappa shape index (κ2) is 5.84. The van der Waals surface area contributed by atoms with E-state index in [0.717, 1.165) is 0 Å². The van der Waals surface area contributed by atoms with E-state index in [1.54, 1.807) is 19.1 Å². The number of aryl methyl sites for hydroxylation is 1. The molecule has 1 aromatic heterocycles. The Kier molecular flexibility index (Phi) is 3.84. The average molecular weight is 330 g/mol. The highest BCUT2D eigenvalue weighted by atomic mass is 19.1. The highest BCUT2D eigenvalue weighted by Crippen LogP contribution is 2.41. The van der Waals surface area contributed by atoms with E-state index in [-0.39, 0.29) is 28.3 Å². The summed E-state index contributed by atoms with van der Waals surface area (Å²) in [5, 5.41) is 0. The summed E-state index contributed by atoms with van der Waals surface area (Å²) in [5.74, 6) is -2.40. The van der Waals surface area contributed by atoms with E-state index in [4.69, 9.17) is 15.2 Å². The number of H-pyrrole nitrogens is 1. The Labute approximate surface area is 136 Å². The number of pyridine rings is 1. The normalized spacial score (nSPS) is 16.4. The summed E-state index contributed by atoms with van der Waals surface area (Å²) in [7, 11) is 1.18. The molecule has 3 rings (SSSR count). The van der Waals surface area contributed by atoms with Crippen LogP contribution in [0.3, 0.4) is 0 Å². The van der Waals surface area contributed by atoms with Gasteiger partial charge in [-0.2, -0.15) is 0 Å². The number of benzene rings is 1. The minimum absolute atomic E-state index is 0.107. The lowest BCUT2D eigenvalue weighted by molar-refractivity contribution is -0.136. The molecule has 1 aromatic carbocycles. The van der Waals surface area contributed by atoms with Gasteiger partial charge in [0.25, 0.3) is 5.56 Å². The minimum atomic E-state index is -1.02. The monoisotopic (exact) mass is 330 g/mol. The molecule has 6 nitrogen and oxygen atoms in total. The van der Waals surface area contributed by atoms with Crippen LogP contribution in [0.2, 0.25) is 0 Å². The zero-order valence-electron chi connectivity index (χ0n) is 13.1. The van der Waals surface area contributed by atoms with Crippen LogP contribution in [0.1, 0.15) is 22.7 Å². The van der Waals surface area contributed by atoms with Crippen molar-refractivity contribution in [2.45, 2.75) is 12.8 Å². The first-order chi connectivity index (χ1) is 11.4. The predicted molar refractivity (Wildman–Crippen MR) is 83.9 cm³/mol. The molecule has 3 N–H and O–H groups in total. The number of esters is 1. The fourth-order valence-electron chi connectivity index (χ4n) is 2.84. The summed E-state index contributed by atoms with van der Waals surface area (Å²) in [5.41, 5.74) is 6.09. The van der Waals surface area contributed by atoms with Crippen molar-refractivity contribution in [3.63, 3.8) is 0 Å². The Bertz CT molecular complexity index is 917. The number of nitrogens with two attached hydrogens (primary N) is 1. The summed E-state index contributed by atoms with van der Waals surface area (Å²) in [6.45, 7) is 1.68. The zero-order chi connectivity index (χ0) is 17.4. The molecule has 0 saturated carbocycles. The van der Waals surface area contributed by atoms with Crippen LogP contribution in [0.25, 0.3) is 0 Å². The molecular formula is C17H15FN2O4. The van der Waals surface area contributed by atoms with E-state index in [9.17, 15) is 14.0 Å². The third-order valence-corrected chi connectivity index (χ3v) is 3.85. The molecule has 1 aliphatic heterocycles. The predicted octanol–water partition coefficient (Wildman–Crippen LogP) is 1.69. The van der Waals surface area contributed by atoms with Crippen LogP contribution in [-0.2, 0) is 9.53 Å². The van der Waals surface area contributed by atoms with Gasteiger partial charge in [0.1, 0.15) is 17.1 Å². The molecule has 0 saturated heterocycles. The Hall–Kier alpha value is -3.09. The van der Waals surface area contributed by atoms with E-state index < -0.39 is 23.3 Å². The quantitative estimate of drug-likeness (QED) is 0.817. The first kappa shape index (κ1) is 15.8. The van der Waals surface area contributed by atoms with Crippen molar-refractivity contribution in [2.24, 2.45) is 5.73 Å². The Morgan fingerprint density at radius 2 is 2.08 bits per heavy atom. The Morgan fingerprint density at radius 3 is 2.75 bits per heavy atom. The van der Waals surface area contributed by atoms with Gasteiger partial charge in [-0.3, -0.25) is 4.79 Å². The third kappa shape index (κ3) is 2.44. The molecule has 0 amide bonds. The van der Waals surface area contributed by atoms with Gasteiger partial charge in [-0.05, 0) is 13.0 Å². The number of carbonyl (C=O) groups excluding carboxylic acids is 1. The summed E-state index contributed by atoms with van der Waals surface area (Å²) in [6, 6.07) is 7.44. The Balaban J connectivity index is 2.35. The SMILES string of the molecule is COC(=O)C1=C(N)Oc2cc(C)[nH]c(=O)c2[C@@H]1c1ccccc1F. The molecule has 0 aliphatic carbocycles. The van der Waals surface area contributed by atoms with Crippen molar-refractivity contribution in [3.05, 3.63) is 74.8 Å². The molecule has 2 aromatic rings. The van der Waals surface area contributed by atoms with Gasteiger partial charge in [-0.1, -0.05) is 18.2 Å². The van der Waals surface area contributed by atoms with Gasteiger partial charge < -0.3 is 20.2 Å². The van der Waals surface area contributed by atoms with Gasteiger partial charge in [0.2, 0.25) is 5.88 Å². The van der Waals surface area contributed by atoms with Gasteiger partial charge >= 0.3 is 5.97 Å². The van der Waals surface area contributed by atoms with Crippen molar-refractivity contribution in [1.82, 2.24) is 4.98 Å². The van der Waals surface area contributed by atoms with E-state index in [2.05, 4.69) is 4.98 Å². The van der Waals surface area contributed by atoms with Crippen LogP contribution in [0.5, 0.6) is 5.75 Å². The average Bonchev–Trinajstić information content (AvgIpc) is 2.53. The summed E-state index contributed by atoms with van der Waals surface area (Å²) in [6.07, 6.45) is 0. The van der Waals surface area contributed by atoms with Crippen molar-refractivity contribution in [1.29, 1.82) is 0 Å². The lowest BCUT2D eigenvalue weighted by Crippen LogP contribution is -2.32. The fraction of sp³-hybridized carbons (Fsp3) is 0.176. The van der Waals surface area contributed by atoms with E-state index in [1.807, 2.05) is 0 Å². The van der Waals surface area contributed by atoms with E-state index >= 15 is 0 Å². The molecule has 124 valence electrons. The van der Waals surface area contributed by atoms with Gasteiger partial charge in [-0.25, -0.2) is 9.18 Å². The van der Waals surface area contributed by atoms with Crippen LogP contribution in [0.15, 0.2) is 46.6 Å². The van der Waals surface area contributed by atoms with Crippen molar-refractivity contribution >= 4 is 5.97 Å². The largest absolute Gasteiger partial charge is 0.465 e. The number of carbonyl (C=O) groups is 1. The summed E-state index contributed by atoms with van der Waals surface area (Å²) >= 11 is 0. The molecule has 7 heteroatoms. The van der Waals surface area contributed by atoms with Crippen molar-refractivity contribution in [3.8, 4) is 5.75 Å². The third-order valence-electron chi connectivity index (χ3n) is 3.85. The minimum Gasteiger partial charge on any atom is -0.465 e. The fourth-order valence-corrected chi connectivity index (χ4v) is 2.84. The lowest BCUT2D eigenvalue weighted by Gasteiger charge is -2.27. The lowest BCUT2D eigenvalue weighted by atomic mass is 9.83. The number of aromatic nitrogens is 1. The number of aromatic amines is 1. The number of ether oxygens (including phenoxy) is 2. The van der Waals surface area contributed by atoms with Crippen molar-refractivity contribution in [2.75, 3.05) is 7.11 Å². The number of hydrogen-bond donors (Lipinski definition) is 2. The van der Waals surface area contributed by atoms with Crippen molar-refractivity contribution < 1.29 is 18.7 Å². The highest BCUT2D eigenvalue weighted by molar-refractivity contribution is 5.92. The maximum atomic E-state index is 14.4. The van der Waals surface area contributed by atoms with Crippen LogP contribution in [-0.4, -0.2) is 18.1 Å². The standard InChI is InChI=1S/C17H15FN2O4/c1-8-7-11-13(16(21)20-8)12(9-5-3-4-6-10(9)18)14(15(19)24-11)17(22)23-2/h3-7,12H,19H2,1-2H3,(H,20,21)/t12-/m0/s1. The highest BCUT2D eigenvalue weighted by Gasteiger charge is 2.38. The molecule has 24 heavy (non-hydrogen) atoms.